The zero-order chi connectivity index (χ0) is 26.7. The van der Waals surface area contributed by atoms with Gasteiger partial charge in [0.1, 0.15) is 0 Å². The maximum Gasteiger partial charge on any atom is 0.312 e. The molecule has 4 fully saturated rings. The molecule has 0 amide bonds. The van der Waals surface area contributed by atoms with Crippen molar-refractivity contribution >= 4 is 5.97 Å². The van der Waals surface area contributed by atoms with Crippen molar-refractivity contribution < 1.29 is 24.9 Å². The number of carbonyl (C=O) groups is 1. The molecule has 5 heteroatoms. The first kappa shape index (κ1) is 26.7. The summed E-state index contributed by atoms with van der Waals surface area (Å²) in [5.74, 6) is 0.430. The van der Waals surface area contributed by atoms with Crippen LogP contribution in [0, 0.1) is 50.7 Å². The Morgan fingerprint density at radius 3 is 2.28 bits per heavy atom. The van der Waals surface area contributed by atoms with Gasteiger partial charge in [-0.05, 0) is 97.7 Å². The molecule has 5 aliphatic rings. The molecule has 0 spiro atoms. The zero-order valence-electron chi connectivity index (χ0n) is 23.9. The number of fused-ring (bicyclic) bond motifs is 7. The molecule has 0 aromatic heterocycles. The van der Waals surface area contributed by atoms with Crippen LogP contribution in [0.4, 0.5) is 0 Å². The molecular weight excluding hydrogens is 452 g/mol. The average molecular weight is 503 g/mol. The van der Waals surface area contributed by atoms with Gasteiger partial charge in [-0.15, -0.1) is 0 Å². The summed E-state index contributed by atoms with van der Waals surface area (Å²) in [6.45, 7) is 15.6. The summed E-state index contributed by atoms with van der Waals surface area (Å²) in [5, 5.41) is 34.0. The van der Waals surface area contributed by atoms with Gasteiger partial charge in [0.25, 0.3) is 0 Å². The number of ether oxygens (including phenoxy) is 1. The van der Waals surface area contributed by atoms with Gasteiger partial charge >= 0.3 is 5.97 Å². The highest BCUT2D eigenvalue weighted by Crippen LogP contribution is 2.76. The number of hydrogen-bond acceptors (Lipinski definition) is 5. The highest BCUT2D eigenvalue weighted by Gasteiger charge is 2.72. The van der Waals surface area contributed by atoms with Crippen LogP contribution in [0.5, 0.6) is 0 Å². The van der Waals surface area contributed by atoms with Crippen LogP contribution in [-0.4, -0.2) is 46.2 Å². The fourth-order valence-electron chi connectivity index (χ4n) is 11.2. The molecule has 11 unspecified atom stereocenters. The molecule has 0 aromatic carbocycles. The van der Waals surface area contributed by atoms with E-state index in [4.69, 9.17) is 4.74 Å². The van der Waals surface area contributed by atoms with Crippen LogP contribution >= 0.6 is 0 Å². The minimum Gasteiger partial charge on any atom is -0.469 e. The van der Waals surface area contributed by atoms with E-state index in [9.17, 15) is 20.1 Å². The second kappa shape index (κ2) is 7.82. The molecule has 0 aliphatic heterocycles. The van der Waals surface area contributed by atoms with Crippen molar-refractivity contribution in [3.63, 3.8) is 0 Å². The maximum absolute atomic E-state index is 13.4. The standard InChI is InChI=1S/C31H50O5/c1-18-11-14-31(25(34)36-8)16-15-28(5)19(23(31)30(18,7)35)9-10-22-27(4)17-20(32)24(33)26(2,3)21(27)12-13-29(22,28)6/h9,18,20-24,32-33,35H,10-17H2,1-8H3. The molecule has 4 saturated carbocycles. The number of hydrogen-bond donors (Lipinski definition) is 3. The molecule has 0 bridgehead atoms. The Hall–Kier alpha value is -0.910. The first-order valence-electron chi connectivity index (χ1n) is 14.4. The predicted octanol–water partition coefficient (Wildman–Crippen LogP) is 5.26. The van der Waals surface area contributed by atoms with E-state index in [-0.39, 0.29) is 39.5 Å². The summed E-state index contributed by atoms with van der Waals surface area (Å²) in [5.41, 5.74) is -0.928. The van der Waals surface area contributed by atoms with Gasteiger partial charge in [-0.3, -0.25) is 4.79 Å². The van der Waals surface area contributed by atoms with Crippen LogP contribution in [0.15, 0.2) is 11.6 Å². The van der Waals surface area contributed by atoms with E-state index in [0.717, 1.165) is 44.9 Å². The Labute approximate surface area is 218 Å². The zero-order valence-corrected chi connectivity index (χ0v) is 23.9. The Morgan fingerprint density at radius 2 is 1.64 bits per heavy atom. The highest BCUT2D eigenvalue weighted by atomic mass is 16.5. The number of methoxy groups -OCH3 is 1. The third kappa shape index (κ3) is 2.97. The smallest absolute Gasteiger partial charge is 0.312 e. The summed E-state index contributed by atoms with van der Waals surface area (Å²) in [6, 6.07) is 0. The minimum absolute atomic E-state index is 0.0144. The fourth-order valence-corrected chi connectivity index (χ4v) is 11.2. The summed E-state index contributed by atoms with van der Waals surface area (Å²) in [7, 11) is 1.49. The number of allylic oxidation sites excluding steroid dienone is 1. The lowest BCUT2D eigenvalue weighted by molar-refractivity contribution is -0.237. The summed E-state index contributed by atoms with van der Waals surface area (Å²) in [4.78, 5) is 13.4. The van der Waals surface area contributed by atoms with E-state index in [1.165, 1.54) is 12.7 Å². The van der Waals surface area contributed by atoms with Crippen molar-refractivity contribution in [1.29, 1.82) is 0 Å². The molecule has 204 valence electrons. The molecule has 3 N–H and O–H groups in total. The van der Waals surface area contributed by atoms with E-state index in [1.807, 2.05) is 6.92 Å². The van der Waals surface area contributed by atoms with Crippen molar-refractivity contribution in [2.24, 2.45) is 50.7 Å². The molecule has 0 saturated heterocycles. The van der Waals surface area contributed by atoms with Gasteiger partial charge in [-0.2, -0.15) is 0 Å². The van der Waals surface area contributed by atoms with Gasteiger partial charge in [0.15, 0.2) is 0 Å². The van der Waals surface area contributed by atoms with Crippen LogP contribution in [0.25, 0.3) is 0 Å². The molecule has 0 aromatic rings. The lowest BCUT2D eigenvalue weighted by Crippen LogP contribution is -2.68. The third-order valence-electron chi connectivity index (χ3n) is 13.6. The van der Waals surface area contributed by atoms with Crippen LogP contribution in [0.3, 0.4) is 0 Å². The lowest BCUT2D eigenvalue weighted by atomic mass is 9.33. The highest BCUT2D eigenvalue weighted by molar-refractivity contribution is 5.79. The second-order valence-electron chi connectivity index (χ2n) is 15.1. The van der Waals surface area contributed by atoms with Crippen molar-refractivity contribution in [2.75, 3.05) is 7.11 Å². The minimum atomic E-state index is -0.975. The monoisotopic (exact) mass is 502 g/mol. The van der Waals surface area contributed by atoms with Gasteiger partial charge in [0.05, 0.1) is 30.3 Å². The number of aliphatic hydroxyl groups is 3. The van der Waals surface area contributed by atoms with Gasteiger partial charge in [-0.1, -0.05) is 53.2 Å². The van der Waals surface area contributed by atoms with E-state index < -0.39 is 23.2 Å². The molecule has 0 radical (unpaired) electrons. The van der Waals surface area contributed by atoms with E-state index in [2.05, 4.69) is 47.6 Å². The Balaban J connectivity index is 1.65. The summed E-state index contributed by atoms with van der Waals surface area (Å²) >= 11 is 0. The average Bonchev–Trinajstić information content (AvgIpc) is 2.80. The number of rotatable bonds is 1. The maximum atomic E-state index is 13.4. The van der Waals surface area contributed by atoms with Gasteiger partial charge in [0.2, 0.25) is 0 Å². The van der Waals surface area contributed by atoms with Gasteiger partial charge in [-0.25, -0.2) is 0 Å². The molecule has 36 heavy (non-hydrogen) atoms. The fraction of sp³-hybridized carbons (Fsp3) is 0.903. The molecule has 0 heterocycles. The van der Waals surface area contributed by atoms with Crippen LogP contribution in [0.1, 0.15) is 99.8 Å². The van der Waals surface area contributed by atoms with Gasteiger partial charge < -0.3 is 20.1 Å². The van der Waals surface area contributed by atoms with Crippen LogP contribution < -0.4 is 0 Å². The van der Waals surface area contributed by atoms with Gasteiger partial charge in [0, 0.05) is 5.92 Å². The molecular formula is C31H50O5. The van der Waals surface area contributed by atoms with Crippen LogP contribution in [-0.2, 0) is 9.53 Å². The largest absolute Gasteiger partial charge is 0.469 e. The SMILES string of the molecule is COC(=O)C12CCC(C)C(C)(O)C1C1=CCC3C4(C)CC(O)C(O)C(C)(C)C4CCC3(C)C1(C)CC2. The van der Waals surface area contributed by atoms with E-state index >= 15 is 0 Å². The van der Waals surface area contributed by atoms with E-state index in [1.54, 1.807) is 0 Å². The molecule has 5 aliphatic carbocycles. The lowest BCUT2D eigenvalue weighted by Gasteiger charge is -2.72. The predicted molar refractivity (Wildman–Crippen MR) is 140 cm³/mol. The quantitative estimate of drug-likeness (QED) is 0.336. The van der Waals surface area contributed by atoms with Crippen molar-refractivity contribution in [3.05, 3.63) is 11.6 Å². The Bertz CT molecular complexity index is 968. The Morgan fingerprint density at radius 1 is 0.972 bits per heavy atom. The molecule has 5 rings (SSSR count). The number of aliphatic hydroxyl groups excluding tert-OH is 2. The normalized spacial score (nSPS) is 55.8. The number of carbonyl (C=O) groups excluding carboxylic acids is 1. The van der Waals surface area contributed by atoms with Crippen molar-refractivity contribution in [2.45, 2.75) is 118 Å². The van der Waals surface area contributed by atoms with Crippen molar-refractivity contribution in [1.82, 2.24) is 0 Å². The van der Waals surface area contributed by atoms with Crippen molar-refractivity contribution in [3.8, 4) is 0 Å². The van der Waals surface area contributed by atoms with Crippen LogP contribution in [0.2, 0.25) is 0 Å². The topological polar surface area (TPSA) is 87.0 Å². The third-order valence-corrected chi connectivity index (χ3v) is 13.6. The molecule has 11 atom stereocenters. The first-order chi connectivity index (χ1) is 16.5. The second-order valence-corrected chi connectivity index (χ2v) is 15.1. The summed E-state index contributed by atoms with van der Waals surface area (Å²) < 4.78 is 5.43. The first-order valence-corrected chi connectivity index (χ1v) is 14.4. The van der Waals surface area contributed by atoms with E-state index in [0.29, 0.717) is 18.3 Å². The Kier molecular flexibility index (Phi) is 5.80. The molecule has 5 nitrogen and oxygen atoms in total. The summed E-state index contributed by atoms with van der Waals surface area (Å²) in [6.07, 6.45) is 7.88. The number of esters is 1.